The maximum absolute atomic E-state index is 13.1. The Labute approximate surface area is 196 Å². The van der Waals surface area contributed by atoms with E-state index in [9.17, 15) is 21.6 Å². The van der Waals surface area contributed by atoms with Crippen LogP contribution in [0.2, 0.25) is 0 Å². The zero-order chi connectivity index (χ0) is 24.1. The molecule has 1 aliphatic rings. The standard InChI is InChI=1S/C24H30O7S2/c1-19-8-12-21(13-9-19)32(26,27)30-17-24(16-6-4-3-5-7-23(24)25)18-31-33(28,29)22-14-10-20(2)11-15-22/h8-15H,3-7,16-18H2,1-2H3. The molecule has 33 heavy (non-hydrogen) atoms. The SMILES string of the molecule is Cc1ccc(S(=O)(=O)OCC2(COS(=O)(=O)c3ccc(C)cc3)CCCCCCC2=O)cc1. The molecule has 3 rings (SSSR count). The molecule has 2 aromatic rings. The first kappa shape index (κ1) is 25.6. The molecule has 0 bridgehead atoms. The largest absolute Gasteiger partial charge is 0.299 e. The lowest BCUT2D eigenvalue weighted by Gasteiger charge is -2.32. The molecular formula is C24H30O7S2. The van der Waals surface area contributed by atoms with Crippen molar-refractivity contribution < 1.29 is 30.0 Å². The summed E-state index contributed by atoms with van der Waals surface area (Å²) in [5, 5.41) is 0. The van der Waals surface area contributed by atoms with Gasteiger partial charge in [0.1, 0.15) is 5.78 Å². The number of carbonyl (C=O) groups is 1. The van der Waals surface area contributed by atoms with Gasteiger partial charge < -0.3 is 0 Å². The minimum Gasteiger partial charge on any atom is -0.299 e. The van der Waals surface area contributed by atoms with Gasteiger partial charge in [0.15, 0.2) is 0 Å². The van der Waals surface area contributed by atoms with Crippen molar-refractivity contribution in [3.05, 3.63) is 59.7 Å². The van der Waals surface area contributed by atoms with Gasteiger partial charge in [-0.3, -0.25) is 13.2 Å². The van der Waals surface area contributed by atoms with Crippen molar-refractivity contribution in [2.24, 2.45) is 5.41 Å². The Morgan fingerprint density at radius 2 is 1.12 bits per heavy atom. The van der Waals surface area contributed by atoms with Crippen LogP contribution in [0.25, 0.3) is 0 Å². The second kappa shape index (κ2) is 10.5. The molecule has 0 unspecified atom stereocenters. The van der Waals surface area contributed by atoms with Crippen molar-refractivity contribution >= 4 is 26.0 Å². The van der Waals surface area contributed by atoms with Gasteiger partial charge >= 0.3 is 0 Å². The summed E-state index contributed by atoms with van der Waals surface area (Å²) in [5.74, 6) is -0.236. The third kappa shape index (κ3) is 6.50. The maximum Gasteiger partial charge on any atom is 0.297 e. The van der Waals surface area contributed by atoms with Crippen molar-refractivity contribution in [1.29, 1.82) is 0 Å². The number of rotatable bonds is 8. The molecule has 2 aromatic carbocycles. The molecule has 1 aliphatic carbocycles. The molecule has 0 heterocycles. The minimum absolute atomic E-state index is 0.0188. The van der Waals surface area contributed by atoms with Crippen LogP contribution in [-0.4, -0.2) is 35.8 Å². The van der Waals surface area contributed by atoms with Gasteiger partial charge in [-0.1, -0.05) is 54.7 Å². The molecule has 0 radical (unpaired) electrons. The van der Waals surface area contributed by atoms with Crippen LogP contribution in [0.1, 0.15) is 49.7 Å². The lowest BCUT2D eigenvalue weighted by molar-refractivity contribution is -0.133. The minimum atomic E-state index is -4.13. The summed E-state index contributed by atoms with van der Waals surface area (Å²) in [5.41, 5.74) is 0.432. The lowest BCUT2D eigenvalue weighted by atomic mass is 9.76. The van der Waals surface area contributed by atoms with E-state index in [2.05, 4.69) is 0 Å². The highest BCUT2D eigenvalue weighted by molar-refractivity contribution is 7.87. The highest BCUT2D eigenvalue weighted by Gasteiger charge is 2.42. The van der Waals surface area contributed by atoms with Gasteiger partial charge in [-0.2, -0.15) is 16.8 Å². The molecule has 0 aromatic heterocycles. The van der Waals surface area contributed by atoms with Gasteiger partial charge in [-0.25, -0.2) is 0 Å². The molecule has 7 nitrogen and oxygen atoms in total. The smallest absolute Gasteiger partial charge is 0.297 e. The predicted molar refractivity (Wildman–Crippen MR) is 124 cm³/mol. The first-order chi connectivity index (χ1) is 15.5. The van der Waals surface area contributed by atoms with Crippen LogP contribution >= 0.6 is 0 Å². The van der Waals surface area contributed by atoms with Gasteiger partial charge in [-0.05, 0) is 51.0 Å². The zero-order valence-corrected chi connectivity index (χ0v) is 20.6. The van der Waals surface area contributed by atoms with Crippen molar-refractivity contribution in [2.45, 2.75) is 62.2 Å². The Morgan fingerprint density at radius 1 is 0.697 bits per heavy atom. The van der Waals surface area contributed by atoms with E-state index in [0.717, 1.165) is 24.0 Å². The molecule has 0 atom stereocenters. The van der Waals surface area contributed by atoms with E-state index in [-0.39, 0.29) is 22.0 Å². The highest BCUT2D eigenvalue weighted by atomic mass is 32.2. The van der Waals surface area contributed by atoms with E-state index in [1.807, 2.05) is 13.8 Å². The Morgan fingerprint density at radius 3 is 1.58 bits per heavy atom. The fraction of sp³-hybridized carbons (Fsp3) is 0.458. The summed E-state index contributed by atoms with van der Waals surface area (Å²) >= 11 is 0. The number of benzene rings is 2. The number of Topliss-reactive ketones (excluding diaryl/α,β-unsaturated/α-hetero) is 1. The van der Waals surface area contributed by atoms with Gasteiger partial charge in [0.05, 0.1) is 28.4 Å². The second-order valence-electron chi connectivity index (χ2n) is 8.68. The Bertz CT molecular complexity index is 1090. The highest BCUT2D eigenvalue weighted by Crippen LogP contribution is 2.34. The summed E-state index contributed by atoms with van der Waals surface area (Å²) < 4.78 is 61.7. The summed E-state index contributed by atoms with van der Waals surface area (Å²) in [6.45, 7) is 2.74. The van der Waals surface area contributed by atoms with E-state index in [4.69, 9.17) is 8.37 Å². The van der Waals surface area contributed by atoms with Crippen LogP contribution in [0.3, 0.4) is 0 Å². The summed E-state index contributed by atoms with van der Waals surface area (Å²) in [7, 11) is -8.25. The second-order valence-corrected chi connectivity index (χ2v) is 11.9. The molecule has 0 amide bonds. The number of aryl methyl sites for hydroxylation is 2. The summed E-state index contributed by atoms with van der Waals surface area (Å²) in [4.78, 5) is 13.1. The first-order valence-electron chi connectivity index (χ1n) is 11.0. The van der Waals surface area contributed by atoms with Crippen LogP contribution in [0.15, 0.2) is 58.3 Å². The van der Waals surface area contributed by atoms with E-state index < -0.39 is 38.9 Å². The molecule has 9 heteroatoms. The molecule has 0 saturated heterocycles. The first-order valence-corrected chi connectivity index (χ1v) is 13.8. The number of ketones is 1. The van der Waals surface area contributed by atoms with Crippen LogP contribution in [0.5, 0.6) is 0 Å². The molecule has 0 N–H and O–H groups in total. The van der Waals surface area contributed by atoms with E-state index in [1.165, 1.54) is 24.3 Å². The van der Waals surface area contributed by atoms with Crippen molar-refractivity contribution in [2.75, 3.05) is 13.2 Å². The van der Waals surface area contributed by atoms with Crippen LogP contribution in [0, 0.1) is 19.3 Å². The van der Waals surface area contributed by atoms with Crippen molar-refractivity contribution in [1.82, 2.24) is 0 Å². The number of hydrogen-bond donors (Lipinski definition) is 0. The van der Waals surface area contributed by atoms with Gasteiger partial charge in [0, 0.05) is 6.42 Å². The molecular weight excluding hydrogens is 464 g/mol. The van der Waals surface area contributed by atoms with Crippen LogP contribution in [0.4, 0.5) is 0 Å². The van der Waals surface area contributed by atoms with Crippen molar-refractivity contribution in [3.63, 3.8) is 0 Å². The summed E-state index contributed by atoms with van der Waals surface area (Å²) in [6.07, 6.45) is 3.58. The monoisotopic (exact) mass is 494 g/mol. The molecule has 1 saturated carbocycles. The normalized spacial score (nSPS) is 17.3. The molecule has 180 valence electrons. The molecule has 1 fully saturated rings. The Hall–Kier alpha value is -2.07. The predicted octanol–water partition coefficient (Wildman–Crippen LogP) is 4.32. The number of carbonyl (C=O) groups excluding carboxylic acids is 1. The van der Waals surface area contributed by atoms with E-state index >= 15 is 0 Å². The topological polar surface area (TPSA) is 104 Å². The Kier molecular flexibility index (Phi) is 8.10. The van der Waals surface area contributed by atoms with E-state index in [1.54, 1.807) is 24.3 Å². The average molecular weight is 495 g/mol. The fourth-order valence-corrected chi connectivity index (χ4v) is 5.75. The average Bonchev–Trinajstić information content (AvgIpc) is 2.76. The van der Waals surface area contributed by atoms with Crippen LogP contribution in [-0.2, 0) is 33.4 Å². The lowest BCUT2D eigenvalue weighted by Crippen LogP contribution is -2.42. The third-order valence-electron chi connectivity index (χ3n) is 6.00. The van der Waals surface area contributed by atoms with Gasteiger partial charge in [0.25, 0.3) is 20.2 Å². The molecule has 0 aliphatic heterocycles. The van der Waals surface area contributed by atoms with E-state index in [0.29, 0.717) is 19.3 Å². The Balaban J connectivity index is 1.84. The van der Waals surface area contributed by atoms with Crippen LogP contribution < -0.4 is 0 Å². The third-order valence-corrected chi connectivity index (χ3v) is 8.56. The van der Waals surface area contributed by atoms with Gasteiger partial charge in [-0.15, -0.1) is 0 Å². The summed E-state index contributed by atoms with van der Waals surface area (Å²) in [6, 6.07) is 12.4. The van der Waals surface area contributed by atoms with Crippen molar-refractivity contribution in [3.8, 4) is 0 Å². The quantitative estimate of drug-likeness (QED) is 0.503. The number of hydrogen-bond acceptors (Lipinski definition) is 7. The zero-order valence-electron chi connectivity index (χ0n) is 18.9. The van der Waals surface area contributed by atoms with Gasteiger partial charge in [0.2, 0.25) is 0 Å². The fourth-order valence-electron chi connectivity index (χ4n) is 3.78. The molecule has 0 spiro atoms. The maximum atomic E-state index is 13.1.